The van der Waals surface area contributed by atoms with Crippen molar-refractivity contribution in [2.75, 3.05) is 6.54 Å². The summed E-state index contributed by atoms with van der Waals surface area (Å²) in [6.07, 6.45) is 0.150. The fourth-order valence-corrected chi connectivity index (χ4v) is 2.70. The average Bonchev–Trinajstić information content (AvgIpc) is 2.59. The Hall–Kier alpha value is -2.95. The van der Waals surface area contributed by atoms with E-state index in [1.165, 1.54) is 0 Å². The van der Waals surface area contributed by atoms with Gasteiger partial charge in [-0.05, 0) is 12.5 Å². The summed E-state index contributed by atoms with van der Waals surface area (Å²) in [6, 6.07) is 15.5. The third kappa shape index (κ3) is 3.35. The van der Waals surface area contributed by atoms with Crippen LogP contribution in [0.2, 0.25) is 0 Å². The summed E-state index contributed by atoms with van der Waals surface area (Å²) in [5.41, 5.74) is 2.42. The minimum absolute atomic E-state index is 0.150. The van der Waals surface area contributed by atoms with Crippen molar-refractivity contribution in [2.24, 2.45) is 0 Å². The number of Topliss-reactive ketones (excluding diaryl/α,β-unsaturated/α-hetero) is 1. The molecule has 1 atom stereocenters. The first-order chi connectivity index (χ1) is 11.5. The van der Waals surface area contributed by atoms with E-state index in [2.05, 4.69) is 5.32 Å². The highest BCUT2D eigenvalue weighted by Gasteiger charge is 2.33. The molecule has 1 aliphatic heterocycles. The Bertz CT molecular complexity index is 751. The lowest BCUT2D eigenvalue weighted by Gasteiger charge is -2.31. The Balaban J connectivity index is 1.69. The Kier molecular flexibility index (Phi) is 4.42. The fraction of sp³-hybridized carbons (Fsp3) is 0.211. The van der Waals surface area contributed by atoms with Gasteiger partial charge in [-0.1, -0.05) is 60.2 Å². The van der Waals surface area contributed by atoms with Gasteiger partial charge in [-0.25, -0.2) is 4.79 Å². The zero-order valence-electron chi connectivity index (χ0n) is 13.4. The molecule has 1 aliphatic rings. The molecule has 1 N–H and O–H groups in total. The van der Waals surface area contributed by atoms with E-state index in [9.17, 15) is 14.4 Å². The Labute approximate surface area is 140 Å². The maximum atomic E-state index is 12.3. The third-order valence-corrected chi connectivity index (χ3v) is 4.10. The third-order valence-electron chi connectivity index (χ3n) is 4.10. The number of aryl methyl sites for hydroxylation is 1. The van der Waals surface area contributed by atoms with Gasteiger partial charge in [0, 0.05) is 5.56 Å². The van der Waals surface area contributed by atoms with E-state index in [1.54, 1.807) is 12.1 Å². The van der Waals surface area contributed by atoms with Crippen molar-refractivity contribution in [3.63, 3.8) is 0 Å². The number of rotatable bonds is 4. The van der Waals surface area contributed by atoms with Crippen molar-refractivity contribution in [3.8, 4) is 0 Å². The number of urea groups is 1. The second-order valence-electron chi connectivity index (χ2n) is 5.89. The quantitative estimate of drug-likeness (QED) is 0.880. The zero-order valence-corrected chi connectivity index (χ0v) is 13.4. The predicted octanol–water partition coefficient (Wildman–Crippen LogP) is 2.86. The van der Waals surface area contributed by atoms with E-state index in [1.807, 2.05) is 49.4 Å². The highest BCUT2D eigenvalue weighted by molar-refractivity contribution is 6.05. The summed E-state index contributed by atoms with van der Waals surface area (Å²) < 4.78 is 0. The van der Waals surface area contributed by atoms with Crippen molar-refractivity contribution < 1.29 is 14.4 Å². The van der Waals surface area contributed by atoms with Crippen molar-refractivity contribution in [1.82, 2.24) is 10.2 Å². The van der Waals surface area contributed by atoms with Gasteiger partial charge in [0.15, 0.2) is 5.78 Å². The van der Waals surface area contributed by atoms with E-state index >= 15 is 0 Å². The number of amides is 3. The van der Waals surface area contributed by atoms with E-state index in [0.717, 1.165) is 16.0 Å². The number of benzene rings is 2. The summed E-state index contributed by atoms with van der Waals surface area (Å²) in [4.78, 5) is 37.9. The van der Waals surface area contributed by atoms with Crippen LogP contribution >= 0.6 is 0 Å². The first-order valence-corrected chi connectivity index (χ1v) is 7.80. The van der Waals surface area contributed by atoms with Crippen LogP contribution in [0.1, 0.15) is 33.9 Å². The number of carbonyl (C=O) groups is 3. The molecule has 24 heavy (non-hydrogen) atoms. The molecule has 3 rings (SSSR count). The lowest BCUT2D eigenvalue weighted by atomic mass is 10.0. The molecule has 1 fully saturated rings. The van der Waals surface area contributed by atoms with Crippen LogP contribution in [0.3, 0.4) is 0 Å². The zero-order chi connectivity index (χ0) is 17.1. The van der Waals surface area contributed by atoms with Crippen LogP contribution in [-0.2, 0) is 4.79 Å². The molecule has 5 heteroatoms. The Morgan fingerprint density at radius 2 is 1.75 bits per heavy atom. The minimum Gasteiger partial charge on any atom is -0.330 e. The van der Waals surface area contributed by atoms with Crippen molar-refractivity contribution in [2.45, 2.75) is 19.4 Å². The molecular weight excluding hydrogens is 304 g/mol. The van der Waals surface area contributed by atoms with Gasteiger partial charge in [-0.2, -0.15) is 0 Å². The standard InChI is InChI=1S/C19H18N2O3/c1-13-7-9-15(10-8-13)17(22)12-21-18(23)11-16(20-19(21)24)14-5-3-2-4-6-14/h2-10,16H,11-12H2,1H3,(H,20,24). The molecule has 5 nitrogen and oxygen atoms in total. The summed E-state index contributed by atoms with van der Waals surface area (Å²) >= 11 is 0. The van der Waals surface area contributed by atoms with Gasteiger partial charge in [0.05, 0.1) is 19.0 Å². The summed E-state index contributed by atoms with van der Waals surface area (Å²) in [6.45, 7) is 1.69. The summed E-state index contributed by atoms with van der Waals surface area (Å²) in [5, 5.41) is 2.79. The number of carbonyl (C=O) groups excluding carboxylic acids is 3. The molecule has 1 heterocycles. The first kappa shape index (κ1) is 15.9. The van der Waals surface area contributed by atoms with Gasteiger partial charge in [-0.15, -0.1) is 0 Å². The molecule has 1 unspecified atom stereocenters. The van der Waals surface area contributed by atoms with E-state index in [4.69, 9.17) is 0 Å². The molecule has 0 bridgehead atoms. The van der Waals surface area contributed by atoms with Crippen LogP contribution in [0.4, 0.5) is 4.79 Å². The molecule has 0 aromatic heterocycles. The molecule has 2 aromatic rings. The lowest BCUT2D eigenvalue weighted by molar-refractivity contribution is -0.129. The normalized spacial score (nSPS) is 17.5. The highest BCUT2D eigenvalue weighted by Crippen LogP contribution is 2.22. The van der Waals surface area contributed by atoms with Crippen LogP contribution < -0.4 is 5.32 Å². The van der Waals surface area contributed by atoms with Gasteiger partial charge in [-0.3, -0.25) is 14.5 Å². The highest BCUT2D eigenvalue weighted by atomic mass is 16.2. The number of hydrogen-bond donors (Lipinski definition) is 1. The van der Waals surface area contributed by atoms with Gasteiger partial charge in [0.2, 0.25) is 5.91 Å². The number of imide groups is 1. The molecule has 0 saturated carbocycles. The van der Waals surface area contributed by atoms with E-state index in [-0.39, 0.29) is 30.7 Å². The first-order valence-electron chi connectivity index (χ1n) is 7.80. The van der Waals surface area contributed by atoms with Crippen LogP contribution in [-0.4, -0.2) is 29.2 Å². The topological polar surface area (TPSA) is 66.5 Å². The van der Waals surface area contributed by atoms with Gasteiger partial charge in [0.25, 0.3) is 0 Å². The van der Waals surface area contributed by atoms with E-state index < -0.39 is 6.03 Å². The van der Waals surface area contributed by atoms with Crippen LogP contribution in [0.5, 0.6) is 0 Å². The maximum absolute atomic E-state index is 12.3. The monoisotopic (exact) mass is 322 g/mol. The van der Waals surface area contributed by atoms with Gasteiger partial charge in [0.1, 0.15) is 0 Å². The number of ketones is 1. The van der Waals surface area contributed by atoms with Gasteiger partial charge >= 0.3 is 6.03 Å². The van der Waals surface area contributed by atoms with Crippen molar-refractivity contribution in [1.29, 1.82) is 0 Å². The second kappa shape index (κ2) is 6.66. The molecule has 2 aromatic carbocycles. The predicted molar refractivity (Wildman–Crippen MR) is 89.6 cm³/mol. The molecule has 0 spiro atoms. The van der Waals surface area contributed by atoms with Crippen molar-refractivity contribution in [3.05, 3.63) is 71.3 Å². The fourth-order valence-electron chi connectivity index (χ4n) is 2.70. The molecule has 0 aliphatic carbocycles. The molecule has 0 radical (unpaired) electrons. The van der Waals surface area contributed by atoms with Crippen molar-refractivity contribution >= 4 is 17.7 Å². The molecular formula is C19H18N2O3. The maximum Gasteiger partial charge on any atom is 0.325 e. The molecule has 3 amide bonds. The van der Waals surface area contributed by atoms with Gasteiger partial charge < -0.3 is 5.32 Å². The molecule has 122 valence electrons. The molecule has 1 saturated heterocycles. The number of hydrogen-bond acceptors (Lipinski definition) is 3. The SMILES string of the molecule is Cc1ccc(C(=O)CN2C(=O)CC(c3ccccc3)NC2=O)cc1. The smallest absolute Gasteiger partial charge is 0.325 e. The second-order valence-corrected chi connectivity index (χ2v) is 5.89. The van der Waals surface area contributed by atoms with Crippen LogP contribution in [0.25, 0.3) is 0 Å². The lowest BCUT2D eigenvalue weighted by Crippen LogP contribution is -2.52. The number of nitrogens with zero attached hydrogens (tertiary/aromatic N) is 1. The Morgan fingerprint density at radius 1 is 1.08 bits per heavy atom. The largest absolute Gasteiger partial charge is 0.330 e. The Morgan fingerprint density at radius 3 is 2.38 bits per heavy atom. The minimum atomic E-state index is -0.527. The van der Waals surface area contributed by atoms with Crippen LogP contribution in [0, 0.1) is 6.92 Å². The number of nitrogens with one attached hydrogen (secondary N) is 1. The summed E-state index contributed by atoms with van der Waals surface area (Å²) in [5.74, 6) is -0.593. The average molecular weight is 322 g/mol. The van der Waals surface area contributed by atoms with Crippen LogP contribution in [0.15, 0.2) is 54.6 Å². The summed E-state index contributed by atoms with van der Waals surface area (Å²) in [7, 11) is 0. The van der Waals surface area contributed by atoms with E-state index in [0.29, 0.717) is 5.56 Å².